The van der Waals surface area contributed by atoms with E-state index in [0.717, 1.165) is 17.0 Å². The van der Waals surface area contributed by atoms with Crippen molar-refractivity contribution >= 4 is 15.7 Å². The minimum absolute atomic E-state index is 0.0208. The van der Waals surface area contributed by atoms with Gasteiger partial charge in [-0.25, -0.2) is 13.4 Å². The van der Waals surface area contributed by atoms with Crippen LogP contribution >= 0.6 is 0 Å². The van der Waals surface area contributed by atoms with E-state index >= 15 is 0 Å². The Balaban J connectivity index is 1.76. The van der Waals surface area contributed by atoms with Gasteiger partial charge in [-0.15, -0.1) is 0 Å². The predicted molar refractivity (Wildman–Crippen MR) is 104 cm³/mol. The van der Waals surface area contributed by atoms with E-state index in [2.05, 4.69) is 5.10 Å². The van der Waals surface area contributed by atoms with Crippen LogP contribution in [0.1, 0.15) is 33.7 Å². The lowest BCUT2D eigenvalue weighted by atomic mass is 10.1. The number of aryl methyl sites for hydroxylation is 2. The van der Waals surface area contributed by atoms with Crippen molar-refractivity contribution < 1.29 is 13.2 Å². The van der Waals surface area contributed by atoms with E-state index in [9.17, 15) is 13.2 Å². The maximum Gasteiger partial charge on any atom is 0.268 e. The number of hydrazine groups is 1. The summed E-state index contributed by atoms with van der Waals surface area (Å²) in [4.78, 5) is 13.0. The molecule has 2 heterocycles. The predicted octanol–water partition coefficient (Wildman–Crippen LogP) is 1.65. The standard InChI is InChI=1S/C19H26N4O3S/c1-14-11-15(2)22(20-14)12-16-5-7-17(8-6-16)19(24)23(21(3)4)18-9-10-27(25,26)13-18/h5-8,11,18H,9-10,12-13H2,1-4H3. The van der Waals surface area contributed by atoms with Gasteiger partial charge in [0.15, 0.2) is 9.84 Å². The van der Waals surface area contributed by atoms with Gasteiger partial charge < -0.3 is 0 Å². The van der Waals surface area contributed by atoms with Crippen LogP contribution in [-0.2, 0) is 16.4 Å². The van der Waals surface area contributed by atoms with E-state index in [1.54, 1.807) is 36.2 Å². The molecule has 0 N–H and O–H groups in total. The van der Waals surface area contributed by atoms with Crippen LogP contribution in [-0.4, -0.2) is 65.8 Å². The normalized spacial score (nSPS) is 18.8. The van der Waals surface area contributed by atoms with E-state index in [0.29, 0.717) is 18.5 Å². The lowest BCUT2D eigenvalue weighted by Gasteiger charge is -2.33. The van der Waals surface area contributed by atoms with Crippen LogP contribution in [0.15, 0.2) is 30.3 Å². The highest BCUT2D eigenvalue weighted by atomic mass is 32.2. The van der Waals surface area contributed by atoms with Crippen molar-refractivity contribution in [3.8, 4) is 0 Å². The van der Waals surface area contributed by atoms with Gasteiger partial charge in [-0.1, -0.05) is 12.1 Å². The molecule has 27 heavy (non-hydrogen) atoms. The summed E-state index contributed by atoms with van der Waals surface area (Å²) in [7, 11) is 0.464. The Labute approximate surface area is 160 Å². The number of sulfone groups is 1. The van der Waals surface area contributed by atoms with E-state index in [-0.39, 0.29) is 23.5 Å². The highest BCUT2D eigenvalue weighted by Gasteiger charge is 2.36. The highest BCUT2D eigenvalue weighted by Crippen LogP contribution is 2.21. The van der Waals surface area contributed by atoms with Crippen LogP contribution in [0.5, 0.6) is 0 Å². The maximum atomic E-state index is 13.0. The van der Waals surface area contributed by atoms with E-state index in [1.165, 1.54) is 0 Å². The number of rotatable bonds is 5. The Bertz CT molecular complexity index is 932. The topological polar surface area (TPSA) is 75.5 Å². The molecule has 7 nitrogen and oxygen atoms in total. The summed E-state index contributed by atoms with van der Waals surface area (Å²) >= 11 is 0. The Morgan fingerprint density at radius 1 is 1.22 bits per heavy atom. The van der Waals surface area contributed by atoms with Crippen LogP contribution in [0.3, 0.4) is 0 Å². The van der Waals surface area contributed by atoms with Crippen LogP contribution < -0.4 is 0 Å². The van der Waals surface area contributed by atoms with Crippen molar-refractivity contribution in [1.29, 1.82) is 0 Å². The highest BCUT2D eigenvalue weighted by molar-refractivity contribution is 7.91. The van der Waals surface area contributed by atoms with Crippen molar-refractivity contribution in [2.24, 2.45) is 0 Å². The molecule has 1 saturated heterocycles. The van der Waals surface area contributed by atoms with Crippen molar-refractivity contribution in [1.82, 2.24) is 19.8 Å². The lowest BCUT2D eigenvalue weighted by Crippen LogP contribution is -2.49. The third-order valence-corrected chi connectivity index (χ3v) is 6.58. The fourth-order valence-corrected chi connectivity index (χ4v) is 5.23. The summed E-state index contributed by atoms with van der Waals surface area (Å²) in [5.41, 5.74) is 3.67. The Morgan fingerprint density at radius 2 is 1.89 bits per heavy atom. The van der Waals surface area contributed by atoms with Gasteiger partial charge in [-0.3, -0.25) is 14.5 Å². The molecule has 146 valence electrons. The number of amides is 1. The zero-order valence-corrected chi connectivity index (χ0v) is 17.0. The largest absolute Gasteiger partial charge is 0.268 e. The molecular formula is C19H26N4O3S. The lowest BCUT2D eigenvalue weighted by molar-refractivity contribution is 0.00101. The quantitative estimate of drug-likeness (QED) is 0.726. The third-order valence-electron chi connectivity index (χ3n) is 4.83. The first-order chi connectivity index (χ1) is 12.7. The Hall–Kier alpha value is -2.19. The molecule has 0 bridgehead atoms. The monoisotopic (exact) mass is 390 g/mol. The van der Waals surface area contributed by atoms with Crippen molar-refractivity contribution in [2.45, 2.75) is 32.9 Å². The van der Waals surface area contributed by atoms with Gasteiger partial charge in [0.1, 0.15) is 0 Å². The molecule has 1 aromatic carbocycles. The number of hydrogen-bond donors (Lipinski definition) is 0. The summed E-state index contributed by atoms with van der Waals surface area (Å²) in [5, 5.41) is 7.69. The molecule has 0 aliphatic carbocycles. The number of aromatic nitrogens is 2. The van der Waals surface area contributed by atoms with Gasteiger partial charge in [-0.05, 0) is 44.0 Å². The third kappa shape index (κ3) is 4.39. The van der Waals surface area contributed by atoms with Crippen LogP contribution in [0.4, 0.5) is 0 Å². The number of carbonyl (C=O) groups excluding carboxylic acids is 1. The first kappa shape index (κ1) is 19.6. The van der Waals surface area contributed by atoms with E-state index in [4.69, 9.17) is 0 Å². The van der Waals surface area contributed by atoms with Crippen LogP contribution in [0.2, 0.25) is 0 Å². The summed E-state index contributed by atoms with van der Waals surface area (Å²) < 4.78 is 25.6. The van der Waals surface area contributed by atoms with Gasteiger partial charge >= 0.3 is 0 Å². The van der Waals surface area contributed by atoms with Gasteiger partial charge in [0, 0.05) is 25.4 Å². The van der Waals surface area contributed by atoms with Crippen LogP contribution in [0, 0.1) is 13.8 Å². The Kier molecular flexibility index (Phi) is 5.39. The molecule has 2 aromatic rings. The summed E-state index contributed by atoms with van der Waals surface area (Å²) in [6.07, 6.45) is 0.474. The number of benzene rings is 1. The second-order valence-corrected chi connectivity index (χ2v) is 9.56. The molecule has 1 aromatic heterocycles. The minimum atomic E-state index is -3.06. The molecular weight excluding hydrogens is 364 g/mol. The fourth-order valence-electron chi connectivity index (χ4n) is 3.54. The molecule has 0 spiro atoms. The molecule has 0 saturated carbocycles. The number of carbonyl (C=O) groups is 1. The van der Waals surface area contributed by atoms with Gasteiger partial charge in [-0.2, -0.15) is 5.10 Å². The smallest absolute Gasteiger partial charge is 0.268 e. The van der Waals surface area contributed by atoms with Gasteiger partial charge in [0.2, 0.25) is 0 Å². The van der Waals surface area contributed by atoms with Crippen molar-refractivity contribution in [2.75, 3.05) is 25.6 Å². The molecule has 8 heteroatoms. The second kappa shape index (κ2) is 7.44. The second-order valence-electron chi connectivity index (χ2n) is 7.34. The number of nitrogens with zero attached hydrogens (tertiary/aromatic N) is 4. The molecule has 1 aliphatic rings. The fraction of sp³-hybridized carbons (Fsp3) is 0.474. The zero-order chi connectivity index (χ0) is 19.8. The molecule has 1 fully saturated rings. The molecule has 1 aliphatic heterocycles. The molecule has 1 amide bonds. The van der Waals surface area contributed by atoms with E-state index < -0.39 is 9.84 Å². The Morgan fingerprint density at radius 3 is 2.37 bits per heavy atom. The molecule has 3 rings (SSSR count). The van der Waals surface area contributed by atoms with Gasteiger partial charge in [0.25, 0.3) is 5.91 Å². The average molecular weight is 391 g/mol. The zero-order valence-electron chi connectivity index (χ0n) is 16.2. The molecule has 1 unspecified atom stereocenters. The average Bonchev–Trinajstić information content (AvgIpc) is 3.09. The SMILES string of the molecule is Cc1cc(C)n(Cc2ccc(C(=O)N(C3CCS(=O)(=O)C3)N(C)C)cc2)n1. The number of hydrogen-bond acceptors (Lipinski definition) is 5. The molecule has 0 radical (unpaired) electrons. The first-order valence-corrected chi connectivity index (χ1v) is 10.8. The first-order valence-electron chi connectivity index (χ1n) is 8.97. The molecule has 1 atom stereocenters. The maximum absolute atomic E-state index is 13.0. The summed E-state index contributed by atoms with van der Waals surface area (Å²) in [5.74, 6) is -0.0242. The van der Waals surface area contributed by atoms with Crippen LogP contribution in [0.25, 0.3) is 0 Å². The van der Waals surface area contributed by atoms with E-state index in [1.807, 2.05) is 36.7 Å². The van der Waals surface area contributed by atoms with Gasteiger partial charge in [0.05, 0.1) is 29.8 Å². The van der Waals surface area contributed by atoms with Crippen molar-refractivity contribution in [3.63, 3.8) is 0 Å². The minimum Gasteiger partial charge on any atom is -0.268 e. The summed E-state index contributed by atoms with van der Waals surface area (Å²) in [6.45, 7) is 4.62. The summed E-state index contributed by atoms with van der Waals surface area (Å²) in [6, 6.07) is 9.15. The van der Waals surface area contributed by atoms with Crippen molar-refractivity contribution in [3.05, 3.63) is 52.8 Å².